The quantitative estimate of drug-likeness (QED) is 0.726. The maximum atomic E-state index is 6.02. The van der Waals surface area contributed by atoms with Crippen molar-refractivity contribution in [3.8, 4) is 5.75 Å². The summed E-state index contributed by atoms with van der Waals surface area (Å²) in [6.45, 7) is 0.546. The third kappa shape index (κ3) is 2.15. The summed E-state index contributed by atoms with van der Waals surface area (Å²) in [5.41, 5.74) is 9.02. The lowest BCUT2D eigenvalue weighted by Gasteiger charge is -2.04. The van der Waals surface area contributed by atoms with Crippen LogP contribution in [0, 0.1) is 0 Å². The monoisotopic (exact) mass is 252 g/mol. The summed E-state index contributed by atoms with van der Waals surface area (Å²) in [5.74, 6) is 0.878. The van der Waals surface area contributed by atoms with Crippen molar-refractivity contribution in [3.05, 3.63) is 60.3 Å². The minimum atomic E-state index is 0.546. The molecule has 0 saturated heterocycles. The SMILES string of the molecule is Cn1cc(COc2ccccc2)c2cccc(N)c21. The number of benzene rings is 2. The van der Waals surface area contributed by atoms with Gasteiger partial charge in [0.2, 0.25) is 0 Å². The number of para-hydroxylation sites is 2. The van der Waals surface area contributed by atoms with Crippen molar-refractivity contribution < 1.29 is 4.74 Å². The first-order valence-corrected chi connectivity index (χ1v) is 6.26. The Morgan fingerprint density at radius 3 is 2.63 bits per heavy atom. The molecular formula is C16H16N2O. The highest BCUT2D eigenvalue weighted by Gasteiger charge is 2.09. The highest BCUT2D eigenvalue weighted by molar-refractivity contribution is 5.93. The van der Waals surface area contributed by atoms with Gasteiger partial charge in [0, 0.05) is 24.2 Å². The summed E-state index contributed by atoms with van der Waals surface area (Å²) in [6.07, 6.45) is 2.07. The second-order valence-corrected chi connectivity index (χ2v) is 4.61. The standard InChI is InChI=1S/C16H16N2O/c1-18-10-12(11-19-13-6-3-2-4-7-13)14-8-5-9-15(17)16(14)18/h2-10H,11,17H2,1H3. The third-order valence-electron chi connectivity index (χ3n) is 3.25. The van der Waals surface area contributed by atoms with Gasteiger partial charge in [-0.3, -0.25) is 0 Å². The van der Waals surface area contributed by atoms with E-state index in [0.29, 0.717) is 6.61 Å². The third-order valence-corrected chi connectivity index (χ3v) is 3.25. The summed E-state index contributed by atoms with van der Waals surface area (Å²) in [7, 11) is 2.00. The van der Waals surface area contributed by atoms with Crippen LogP contribution < -0.4 is 10.5 Å². The lowest BCUT2D eigenvalue weighted by atomic mass is 10.1. The fourth-order valence-electron chi connectivity index (χ4n) is 2.37. The normalized spacial score (nSPS) is 10.8. The summed E-state index contributed by atoms with van der Waals surface area (Å²) >= 11 is 0. The van der Waals surface area contributed by atoms with Gasteiger partial charge in [-0.1, -0.05) is 30.3 Å². The van der Waals surface area contributed by atoms with Crippen molar-refractivity contribution in [2.45, 2.75) is 6.61 Å². The number of aryl methyl sites for hydroxylation is 1. The molecule has 0 atom stereocenters. The molecule has 3 heteroatoms. The molecule has 0 unspecified atom stereocenters. The van der Waals surface area contributed by atoms with Crippen molar-refractivity contribution in [1.29, 1.82) is 0 Å². The van der Waals surface area contributed by atoms with Crippen molar-refractivity contribution in [3.63, 3.8) is 0 Å². The number of hydrogen-bond donors (Lipinski definition) is 1. The number of fused-ring (bicyclic) bond motifs is 1. The van der Waals surface area contributed by atoms with Crippen LogP contribution in [0.5, 0.6) is 5.75 Å². The molecule has 1 aromatic heterocycles. The molecule has 96 valence electrons. The summed E-state index contributed by atoms with van der Waals surface area (Å²) in [5, 5.41) is 1.15. The molecule has 0 aliphatic heterocycles. The lowest BCUT2D eigenvalue weighted by molar-refractivity contribution is 0.307. The molecule has 1 heterocycles. The molecule has 2 N–H and O–H groups in total. The summed E-state index contributed by atoms with van der Waals surface area (Å²) in [6, 6.07) is 15.8. The van der Waals surface area contributed by atoms with Gasteiger partial charge in [-0.15, -0.1) is 0 Å². The van der Waals surface area contributed by atoms with Gasteiger partial charge in [0.1, 0.15) is 12.4 Å². The van der Waals surface area contributed by atoms with Crippen LogP contribution in [-0.4, -0.2) is 4.57 Å². The van der Waals surface area contributed by atoms with Crippen LogP contribution in [0.3, 0.4) is 0 Å². The van der Waals surface area contributed by atoms with E-state index < -0.39 is 0 Å². The van der Waals surface area contributed by atoms with Gasteiger partial charge in [-0.25, -0.2) is 0 Å². The molecule has 0 radical (unpaired) electrons. The first-order valence-electron chi connectivity index (χ1n) is 6.26. The van der Waals surface area contributed by atoms with Gasteiger partial charge < -0.3 is 15.0 Å². The largest absolute Gasteiger partial charge is 0.489 e. The van der Waals surface area contributed by atoms with Crippen LogP contribution in [0.4, 0.5) is 5.69 Å². The minimum Gasteiger partial charge on any atom is -0.489 e. The molecule has 3 nitrogen and oxygen atoms in total. The van der Waals surface area contributed by atoms with Crippen LogP contribution in [0.15, 0.2) is 54.7 Å². The van der Waals surface area contributed by atoms with Crippen LogP contribution in [0.2, 0.25) is 0 Å². The van der Waals surface area contributed by atoms with Crippen LogP contribution in [0.25, 0.3) is 10.9 Å². The molecule has 19 heavy (non-hydrogen) atoms. The van der Waals surface area contributed by atoms with E-state index in [9.17, 15) is 0 Å². The van der Waals surface area contributed by atoms with E-state index >= 15 is 0 Å². The van der Waals surface area contributed by atoms with Gasteiger partial charge in [0.25, 0.3) is 0 Å². The van der Waals surface area contributed by atoms with Crippen molar-refractivity contribution >= 4 is 16.6 Å². The Morgan fingerprint density at radius 1 is 1.05 bits per heavy atom. The predicted molar refractivity (Wildman–Crippen MR) is 78.1 cm³/mol. The second kappa shape index (κ2) is 4.69. The van der Waals surface area contributed by atoms with E-state index in [4.69, 9.17) is 10.5 Å². The maximum Gasteiger partial charge on any atom is 0.119 e. The fourth-order valence-corrected chi connectivity index (χ4v) is 2.37. The second-order valence-electron chi connectivity index (χ2n) is 4.61. The Labute approximate surface area is 112 Å². The Balaban J connectivity index is 1.92. The molecule has 3 aromatic rings. The number of aromatic nitrogens is 1. The van der Waals surface area contributed by atoms with Crippen LogP contribution in [-0.2, 0) is 13.7 Å². The zero-order valence-corrected chi connectivity index (χ0v) is 10.8. The van der Waals surface area contributed by atoms with Gasteiger partial charge in [0.05, 0.1) is 11.2 Å². The topological polar surface area (TPSA) is 40.2 Å². The Morgan fingerprint density at radius 2 is 1.84 bits per heavy atom. The minimum absolute atomic E-state index is 0.546. The Kier molecular flexibility index (Phi) is 2.88. The van der Waals surface area contributed by atoms with E-state index in [2.05, 4.69) is 12.3 Å². The van der Waals surface area contributed by atoms with Crippen LogP contribution >= 0.6 is 0 Å². The molecule has 0 spiro atoms. The first-order chi connectivity index (χ1) is 9.25. The molecule has 0 bridgehead atoms. The molecule has 0 aliphatic rings. The molecule has 0 fully saturated rings. The number of nitrogens with two attached hydrogens (primary N) is 1. The Bertz CT molecular complexity index is 701. The summed E-state index contributed by atoms with van der Waals surface area (Å²) in [4.78, 5) is 0. The molecular weight excluding hydrogens is 236 g/mol. The molecule has 3 rings (SSSR count). The smallest absolute Gasteiger partial charge is 0.119 e. The average molecular weight is 252 g/mol. The van der Waals surface area contributed by atoms with Gasteiger partial charge in [0.15, 0.2) is 0 Å². The van der Waals surface area contributed by atoms with Crippen LogP contribution in [0.1, 0.15) is 5.56 Å². The predicted octanol–water partition coefficient (Wildman–Crippen LogP) is 3.34. The maximum absolute atomic E-state index is 6.02. The van der Waals surface area contributed by atoms with Crippen molar-refractivity contribution in [2.75, 3.05) is 5.73 Å². The van der Waals surface area contributed by atoms with E-state index in [1.807, 2.05) is 54.1 Å². The average Bonchev–Trinajstić information content (AvgIpc) is 2.76. The van der Waals surface area contributed by atoms with E-state index in [0.717, 1.165) is 27.9 Å². The van der Waals surface area contributed by atoms with Crippen molar-refractivity contribution in [1.82, 2.24) is 4.57 Å². The summed E-state index contributed by atoms with van der Waals surface area (Å²) < 4.78 is 7.85. The zero-order valence-electron chi connectivity index (χ0n) is 10.8. The number of rotatable bonds is 3. The number of ether oxygens (including phenoxy) is 1. The van der Waals surface area contributed by atoms with Crippen molar-refractivity contribution in [2.24, 2.45) is 7.05 Å². The number of nitrogens with zero attached hydrogens (tertiary/aromatic N) is 1. The highest BCUT2D eigenvalue weighted by atomic mass is 16.5. The van der Waals surface area contributed by atoms with E-state index in [-0.39, 0.29) is 0 Å². The molecule has 2 aromatic carbocycles. The van der Waals surface area contributed by atoms with E-state index in [1.54, 1.807) is 0 Å². The molecule has 0 aliphatic carbocycles. The molecule has 0 amide bonds. The highest BCUT2D eigenvalue weighted by Crippen LogP contribution is 2.26. The van der Waals surface area contributed by atoms with E-state index in [1.165, 1.54) is 0 Å². The molecule has 0 saturated carbocycles. The lowest BCUT2D eigenvalue weighted by Crippen LogP contribution is -1.94. The first kappa shape index (κ1) is 11.7. The Hall–Kier alpha value is -2.42. The zero-order chi connectivity index (χ0) is 13.2. The fraction of sp³-hybridized carbons (Fsp3) is 0.125. The van der Waals surface area contributed by atoms with Gasteiger partial charge in [-0.2, -0.15) is 0 Å². The number of nitrogen functional groups attached to an aromatic ring is 1. The van der Waals surface area contributed by atoms with Gasteiger partial charge >= 0.3 is 0 Å². The number of hydrogen-bond acceptors (Lipinski definition) is 2. The van der Waals surface area contributed by atoms with Gasteiger partial charge in [-0.05, 0) is 18.2 Å². The number of anilines is 1.